The average molecular weight is 461 g/mol. The Morgan fingerprint density at radius 1 is 1.28 bits per heavy atom. The number of hydrogen-bond acceptors (Lipinski definition) is 5. The highest BCUT2D eigenvalue weighted by Gasteiger charge is 2.37. The van der Waals surface area contributed by atoms with E-state index in [0.29, 0.717) is 27.0 Å². The van der Waals surface area contributed by atoms with Crippen LogP contribution in [-0.2, 0) is 9.53 Å². The Morgan fingerprint density at radius 3 is 2.59 bits per heavy atom. The summed E-state index contributed by atoms with van der Waals surface area (Å²) in [7, 11) is 1.43. The predicted molar refractivity (Wildman–Crippen MR) is 112 cm³/mol. The van der Waals surface area contributed by atoms with Crippen LogP contribution in [0.3, 0.4) is 0 Å². The van der Waals surface area contributed by atoms with Gasteiger partial charge in [-0.15, -0.1) is 0 Å². The number of urea groups is 1. The van der Waals surface area contributed by atoms with E-state index < -0.39 is 12.0 Å². The molecule has 2 amide bonds. The highest BCUT2D eigenvalue weighted by molar-refractivity contribution is 9.10. The molecule has 2 aromatic rings. The van der Waals surface area contributed by atoms with Crippen molar-refractivity contribution in [1.29, 1.82) is 0 Å². The van der Waals surface area contributed by atoms with Gasteiger partial charge in [-0.05, 0) is 59.6 Å². The molecular formula is C21H21BrN2O5. The molecule has 1 atom stereocenters. The fourth-order valence-electron chi connectivity index (χ4n) is 3.27. The summed E-state index contributed by atoms with van der Waals surface area (Å²) in [6.07, 6.45) is 0. The number of nitrogens with one attached hydrogen (secondary N) is 1. The maximum Gasteiger partial charge on any atom is 0.338 e. The number of nitrogens with zero attached hydrogens (tertiary/aromatic N) is 1. The maximum atomic E-state index is 13.0. The number of para-hydroxylation sites is 1. The van der Waals surface area contributed by atoms with Crippen LogP contribution in [-0.4, -0.2) is 30.8 Å². The van der Waals surface area contributed by atoms with E-state index in [1.165, 1.54) is 12.0 Å². The molecule has 0 aliphatic carbocycles. The number of carbonyl (C=O) groups excluding carboxylic acids is 2. The van der Waals surface area contributed by atoms with Crippen LogP contribution in [0.25, 0.3) is 0 Å². The third-order valence-corrected chi connectivity index (χ3v) is 5.20. The van der Waals surface area contributed by atoms with E-state index >= 15 is 0 Å². The monoisotopic (exact) mass is 460 g/mol. The standard InChI is InChI=1S/C21H21BrN2O5/c1-4-29-20(26)17-12(2)24(14-8-6-5-7-9-14)21(27)23-18(17)13-10-15(22)19(25)16(11-13)28-3/h5-11,18,25H,4H2,1-3H3,(H,23,27)/t18-/m0/s1. The van der Waals surface area contributed by atoms with Crippen LogP contribution in [0.5, 0.6) is 11.5 Å². The third kappa shape index (κ3) is 3.93. The van der Waals surface area contributed by atoms with Gasteiger partial charge < -0.3 is 19.9 Å². The van der Waals surface area contributed by atoms with E-state index in [4.69, 9.17) is 9.47 Å². The minimum Gasteiger partial charge on any atom is -0.503 e. The van der Waals surface area contributed by atoms with Crippen molar-refractivity contribution in [3.63, 3.8) is 0 Å². The van der Waals surface area contributed by atoms with Gasteiger partial charge in [-0.2, -0.15) is 0 Å². The first-order valence-corrected chi connectivity index (χ1v) is 9.78. The van der Waals surface area contributed by atoms with Crippen molar-refractivity contribution in [3.05, 3.63) is 63.8 Å². The first-order valence-electron chi connectivity index (χ1n) is 8.99. The normalized spacial score (nSPS) is 16.5. The lowest BCUT2D eigenvalue weighted by Gasteiger charge is -2.35. The molecule has 0 aromatic heterocycles. The molecular weight excluding hydrogens is 440 g/mol. The van der Waals surface area contributed by atoms with Crippen molar-refractivity contribution >= 4 is 33.6 Å². The van der Waals surface area contributed by atoms with Crippen molar-refractivity contribution in [3.8, 4) is 11.5 Å². The Morgan fingerprint density at radius 2 is 1.97 bits per heavy atom. The molecule has 1 aliphatic heterocycles. The first kappa shape index (κ1) is 20.7. The molecule has 0 saturated carbocycles. The van der Waals surface area contributed by atoms with Crippen LogP contribution in [0.2, 0.25) is 0 Å². The number of anilines is 1. The predicted octanol–water partition coefficient (Wildman–Crippen LogP) is 4.27. The van der Waals surface area contributed by atoms with Gasteiger partial charge in [0, 0.05) is 5.70 Å². The zero-order valence-electron chi connectivity index (χ0n) is 16.2. The van der Waals surface area contributed by atoms with Gasteiger partial charge in [0.25, 0.3) is 0 Å². The summed E-state index contributed by atoms with van der Waals surface area (Å²) < 4.78 is 10.9. The molecule has 0 bridgehead atoms. The lowest BCUT2D eigenvalue weighted by Crippen LogP contribution is -2.48. The van der Waals surface area contributed by atoms with E-state index in [2.05, 4.69) is 21.2 Å². The SMILES string of the molecule is CCOC(=O)C1=C(C)N(c2ccccc2)C(=O)N[C@H]1c1cc(Br)c(O)c(OC)c1. The quantitative estimate of drug-likeness (QED) is 0.650. The molecule has 29 heavy (non-hydrogen) atoms. The van der Waals surface area contributed by atoms with E-state index in [1.807, 2.05) is 18.2 Å². The number of methoxy groups -OCH3 is 1. The van der Waals surface area contributed by atoms with E-state index in [1.54, 1.807) is 38.1 Å². The number of ether oxygens (including phenoxy) is 2. The van der Waals surface area contributed by atoms with Gasteiger partial charge in [0.2, 0.25) is 0 Å². The Balaban J connectivity index is 2.17. The van der Waals surface area contributed by atoms with Crippen LogP contribution >= 0.6 is 15.9 Å². The molecule has 3 rings (SSSR count). The van der Waals surface area contributed by atoms with Crippen molar-refractivity contribution in [2.75, 3.05) is 18.6 Å². The minimum atomic E-state index is -0.771. The summed E-state index contributed by atoms with van der Waals surface area (Å²) in [5.74, 6) is -0.378. The largest absolute Gasteiger partial charge is 0.503 e. The Bertz CT molecular complexity index is 975. The van der Waals surface area contributed by atoms with Gasteiger partial charge in [0.1, 0.15) is 0 Å². The highest BCUT2D eigenvalue weighted by atomic mass is 79.9. The van der Waals surface area contributed by atoms with Gasteiger partial charge in [0.05, 0.1) is 35.5 Å². The van der Waals surface area contributed by atoms with Crippen molar-refractivity contribution in [2.45, 2.75) is 19.9 Å². The molecule has 0 spiro atoms. The Hall–Kier alpha value is -3.00. The lowest BCUT2D eigenvalue weighted by atomic mass is 9.94. The maximum absolute atomic E-state index is 13.0. The van der Waals surface area contributed by atoms with Gasteiger partial charge in [0.15, 0.2) is 11.5 Å². The van der Waals surface area contributed by atoms with Crippen molar-refractivity contribution in [2.24, 2.45) is 0 Å². The highest BCUT2D eigenvalue weighted by Crippen LogP contribution is 2.40. The lowest BCUT2D eigenvalue weighted by molar-refractivity contribution is -0.139. The van der Waals surface area contributed by atoms with E-state index in [9.17, 15) is 14.7 Å². The summed E-state index contributed by atoms with van der Waals surface area (Å²) in [4.78, 5) is 27.2. The Kier molecular flexibility index (Phi) is 6.12. The van der Waals surface area contributed by atoms with Gasteiger partial charge in [-0.1, -0.05) is 18.2 Å². The average Bonchev–Trinajstić information content (AvgIpc) is 2.70. The second-order valence-electron chi connectivity index (χ2n) is 6.33. The molecule has 2 N–H and O–H groups in total. The molecule has 152 valence electrons. The fourth-order valence-corrected chi connectivity index (χ4v) is 3.73. The third-order valence-electron chi connectivity index (χ3n) is 4.60. The minimum absolute atomic E-state index is 0.0670. The number of allylic oxidation sites excluding steroid dienone is 1. The zero-order valence-corrected chi connectivity index (χ0v) is 17.8. The van der Waals surface area contributed by atoms with Crippen molar-refractivity contribution in [1.82, 2.24) is 5.32 Å². The van der Waals surface area contributed by atoms with E-state index in [0.717, 1.165) is 0 Å². The number of phenolic OH excluding ortho intramolecular Hbond substituents is 1. The number of aromatic hydroxyl groups is 1. The van der Waals surface area contributed by atoms with Crippen LogP contribution in [0.4, 0.5) is 10.5 Å². The second-order valence-corrected chi connectivity index (χ2v) is 7.18. The van der Waals surface area contributed by atoms with Gasteiger partial charge >= 0.3 is 12.0 Å². The number of hydrogen-bond donors (Lipinski definition) is 2. The first-order chi connectivity index (χ1) is 13.9. The molecule has 0 unspecified atom stereocenters. The summed E-state index contributed by atoms with van der Waals surface area (Å²) in [6, 6.07) is 11.1. The number of phenols is 1. The summed E-state index contributed by atoms with van der Waals surface area (Å²) >= 11 is 3.29. The molecule has 7 nitrogen and oxygen atoms in total. The fraction of sp³-hybridized carbons (Fsp3) is 0.238. The Labute approximate surface area is 177 Å². The summed E-state index contributed by atoms with van der Waals surface area (Å²) in [5.41, 5.74) is 1.96. The van der Waals surface area contributed by atoms with Crippen LogP contribution in [0.15, 0.2) is 58.2 Å². The molecule has 2 aromatic carbocycles. The number of carbonyl (C=O) groups is 2. The van der Waals surface area contributed by atoms with Crippen LogP contribution in [0.1, 0.15) is 25.5 Å². The molecule has 0 saturated heterocycles. The second kappa shape index (κ2) is 8.57. The van der Waals surface area contributed by atoms with Gasteiger partial charge in [-0.3, -0.25) is 4.90 Å². The van der Waals surface area contributed by atoms with Crippen LogP contribution in [0, 0.1) is 0 Å². The molecule has 1 heterocycles. The molecule has 0 radical (unpaired) electrons. The number of benzene rings is 2. The summed E-state index contributed by atoms with van der Waals surface area (Å²) in [6.45, 7) is 3.63. The van der Waals surface area contributed by atoms with Gasteiger partial charge in [-0.25, -0.2) is 9.59 Å². The summed E-state index contributed by atoms with van der Waals surface area (Å²) in [5, 5.41) is 13.0. The van der Waals surface area contributed by atoms with Crippen LogP contribution < -0.4 is 15.0 Å². The molecule has 1 aliphatic rings. The topological polar surface area (TPSA) is 88.1 Å². The molecule has 0 fully saturated rings. The molecule has 8 heteroatoms. The van der Waals surface area contributed by atoms with Crippen molar-refractivity contribution < 1.29 is 24.2 Å². The number of esters is 1. The zero-order chi connectivity index (χ0) is 21.1. The smallest absolute Gasteiger partial charge is 0.338 e. The number of amides is 2. The number of rotatable bonds is 5. The van der Waals surface area contributed by atoms with E-state index in [-0.39, 0.29) is 24.1 Å². The number of halogens is 1.